The number of amides is 1. The summed E-state index contributed by atoms with van der Waals surface area (Å²) >= 11 is 1.44. The van der Waals surface area contributed by atoms with Crippen LogP contribution in [0.3, 0.4) is 0 Å². The lowest BCUT2D eigenvalue weighted by atomic mass is 10.0. The van der Waals surface area contributed by atoms with Gasteiger partial charge in [-0.05, 0) is 54.7 Å². The molecule has 1 aliphatic heterocycles. The van der Waals surface area contributed by atoms with E-state index in [1.807, 2.05) is 12.1 Å². The van der Waals surface area contributed by atoms with E-state index in [0.29, 0.717) is 47.0 Å². The zero-order valence-electron chi connectivity index (χ0n) is 22.6. The quantitative estimate of drug-likeness (QED) is 0.261. The fourth-order valence-electron chi connectivity index (χ4n) is 4.85. The van der Waals surface area contributed by atoms with E-state index in [4.69, 9.17) is 9.47 Å². The molecule has 41 heavy (non-hydrogen) atoms. The largest absolute Gasteiger partial charge is 0.453 e. The Morgan fingerprint density at radius 2 is 1.93 bits per heavy atom. The highest BCUT2D eigenvalue weighted by atomic mass is 32.1. The molecule has 212 valence electrons. The molecule has 0 spiro atoms. The molecule has 1 saturated heterocycles. The van der Waals surface area contributed by atoms with Gasteiger partial charge in [-0.3, -0.25) is 24.5 Å². The van der Waals surface area contributed by atoms with Crippen LogP contribution in [-0.4, -0.2) is 66.0 Å². The Hall–Kier alpha value is -3.73. The molecule has 1 N–H and O–H groups in total. The number of morpholine rings is 1. The highest BCUT2D eigenvalue weighted by Gasteiger charge is 2.24. The molecule has 0 atom stereocenters. The van der Waals surface area contributed by atoms with E-state index in [0.717, 1.165) is 55.3 Å². The van der Waals surface area contributed by atoms with Crippen LogP contribution in [0.4, 0.5) is 4.39 Å². The Morgan fingerprint density at radius 1 is 1.07 bits per heavy atom. The molecule has 1 aliphatic carbocycles. The Balaban J connectivity index is 1.10. The fraction of sp³-hybridized carbons (Fsp3) is 0.355. The van der Waals surface area contributed by atoms with Crippen molar-refractivity contribution in [2.45, 2.75) is 25.7 Å². The molecule has 4 aromatic rings. The maximum Gasteiger partial charge on any atom is 0.252 e. The molecule has 0 radical (unpaired) electrons. The van der Waals surface area contributed by atoms with Gasteiger partial charge in [0.2, 0.25) is 0 Å². The van der Waals surface area contributed by atoms with Crippen molar-refractivity contribution < 1.29 is 23.5 Å². The number of nitrogens with zero attached hydrogens (tertiary/aromatic N) is 3. The molecular weight excluding hydrogens is 543 g/mol. The first kappa shape index (κ1) is 27.4. The first-order valence-electron chi connectivity index (χ1n) is 13.9. The molecule has 2 aliphatic rings. The van der Waals surface area contributed by atoms with Gasteiger partial charge in [-0.2, -0.15) is 0 Å². The third kappa shape index (κ3) is 6.95. The van der Waals surface area contributed by atoms with E-state index in [-0.39, 0.29) is 23.9 Å². The second kappa shape index (κ2) is 12.4. The van der Waals surface area contributed by atoms with Crippen LogP contribution in [-0.2, 0) is 16.0 Å². The van der Waals surface area contributed by atoms with Gasteiger partial charge in [-0.25, -0.2) is 4.39 Å². The topological polar surface area (TPSA) is 93.6 Å². The molecule has 0 bridgehead atoms. The number of thiophene rings is 1. The highest BCUT2D eigenvalue weighted by molar-refractivity contribution is 7.22. The lowest BCUT2D eigenvalue weighted by Gasteiger charge is -2.26. The molecule has 1 amide bonds. The second-order valence-electron chi connectivity index (χ2n) is 10.5. The number of benzene rings is 1. The van der Waals surface area contributed by atoms with Gasteiger partial charge in [0.25, 0.3) is 5.91 Å². The number of carbonyl (C=O) groups is 2. The Kier molecular flexibility index (Phi) is 8.31. The third-order valence-electron chi connectivity index (χ3n) is 7.30. The van der Waals surface area contributed by atoms with Crippen molar-refractivity contribution in [1.29, 1.82) is 0 Å². The third-order valence-corrected chi connectivity index (χ3v) is 8.46. The number of nitrogens with one attached hydrogen (secondary N) is 1. The minimum atomic E-state index is -0.510. The predicted molar refractivity (Wildman–Crippen MR) is 155 cm³/mol. The Labute approximate surface area is 241 Å². The number of rotatable bonds is 11. The monoisotopic (exact) mass is 574 g/mol. The number of halogens is 1. The average molecular weight is 575 g/mol. The number of ketones is 1. The number of pyridine rings is 2. The first-order chi connectivity index (χ1) is 20.0. The summed E-state index contributed by atoms with van der Waals surface area (Å²) in [7, 11) is 0. The van der Waals surface area contributed by atoms with Crippen LogP contribution < -0.4 is 10.1 Å². The fourth-order valence-corrected chi connectivity index (χ4v) is 5.89. The van der Waals surface area contributed by atoms with Gasteiger partial charge >= 0.3 is 0 Å². The summed E-state index contributed by atoms with van der Waals surface area (Å²) in [5.74, 6) is 0.568. The van der Waals surface area contributed by atoms with Crippen LogP contribution in [0.2, 0.25) is 0 Å². The zero-order chi connectivity index (χ0) is 28.2. The van der Waals surface area contributed by atoms with Crippen LogP contribution in [0.15, 0.2) is 54.9 Å². The van der Waals surface area contributed by atoms with Crippen molar-refractivity contribution in [2.75, 3.05) is 39.4 Å². The van der Waals surface area contributed by atoms with Crippen LogP contribution in [0, 0.1) is 11.7 Å². The van der Waals surface area contributed by atoms with Crippen LogP contribution in [0.1, 0.15) is 35.2 Å². The summed E-state index contributed by atoms with van der Waals surface area (Å²) in [5, 5.41) is 2.95. The average Bonchev–Trinajstić information content (AvgIpc) is 3.68. The summed E-state index contributed by atoms with van der Waals surface area (Å²) in [4.78, 5) is 36.8. The normalized spacial score (nSPS) is 15.6. The van der Waals surface area contributed by atoms with Gasteiger partial charge in [-0.15, -0.1) is 11.3 Å². The van der Waals surface area contributed by atoms with Crippen molar-refractivity contribution in [3.63, 3.8) is 0 Å². The molecule has 2 fully saturated rings. The van der Waals surface area contributed by atoms with Crippen molar-refractivity contribution in [2.24, 2.45) is 5.92 Å². The summed E-state index contributed by atoms with van der Waals surface area (Å²) in [6.45, 7) is 4.57. The summed E-state index contributed by atoms with van der Waals surface area (Å²) in [6.07, 6.45) is 6.24. The summed E-state index contributed by atoms with van der Waals surface area (Å²) in [6, 6.07) is 11.9. The zero-order valence-corrected chi connectivity index (χ0v) is 23.4. The predicted octanol–water partition coefficient (Wildman–Crippen LogP) is 5.26. The molecule has 1 saturated carbocycles. The number of hydrogen-bond donors (Lipinski definition) is 1. The lowest BCUT2D eigenvalue weighted by molar-refractivity contribution is -0.118. The number of ether oxygens (including phenoxy) is 2. The summed E-state index contributed by atoms with van der Waals surface area (Å²) in [5.41, 5.74) is 2.55. The van der Waals surface area contributed by atoms with Gasteiger partial charge in [0.15, 0.2) is 11.6 Å². The van der Waals surface area contributed by atoms with E-state index in [1.54, 1.807) is 36.7 Å². The van der Waals surface area contributed by atoms with E-state index < -0.39 is 5.82 Å². The second-order valence-corrected chi connectivity index (χ2v) is 11.6. The number of fused-ring (bicyclic) bond motifs is 1. The van der Waals surface area contributed by atoms with Crippen molar-refractivity contribution in [3.8, 4) is 22.1 Å². The van der Waals surface area contributed by atoms with Gasteiger partial charge in [0, 0.05) is 57.5 Å². The van der Waals surface area contributed by atoms with Crippen molar-refractivity contribution >= 4 is 33.2 Å². The molecular formula is C31H31FN4O4S. The van der Waals surface area contributed by atoms with Gasteiger partial charge in [0.1, 0.15) is 11.5 Å². The molecule has 4 heterocycles. The van der Waals surface area contributed by atoms with Gasteiger partial charge in [-0.1, -0.05) is 6.07 Å². The minimum Gasteiger partial charge on any atom is -0.453 e. The van der Waals surface area contributed by atoms with E-state index in [9.17, 15) is 14.0 Å². The van der Waals surface area contributed by atoms with E-state index in [1.165, 1.54) is 17.4 Å². The van der Waals surface area contributed by atoms with Crippen LogP contribution >= 0.6 is 11.3 Å². The summed E-state index contributed by atoms with van der Waals surface area (Å²) < 4.78 is 27.0. The maximum absolute atomic E-state index is 14.9. The maximum atomic E-state index is 14.9. The number of aromatic nitrogens is 2. The molecule has 3 aromatic heterocycles. The molecule has 1 aromatic carbocycles. The Bertz CT molecular complexity index is 1550. The van der Waals surface area contributed by atoms with Gasteiger partial charge in [0.05, 0.1) is 39.6 Å². The minimum absolute atomic E-state index is 0.0907. The smallest absolute Gasteiger partial charge is 0.252 e. The molecule has 10 heteroatoms. The van der Waals surface area contributed by atoms with Crippen molar-refractivity contribution in [3.05, 3.63) is 71.8 Å². The Morgan fingerprint density at radius 3 is 2.68 bits per heavy atom. The number of hydrogen-bond acceptors (Lipinski definition) is 8. The van der Waals surface area contributed by atoms with Gasteiger partial charge < -0.3 is 14.8 Å². The van der Waals surface area contributed by atoms with Crippen LogP contribution in [0.25, 0.3) is 20.8 Å². The number of carbonyl (C=O) groups excluding carboxylic acids is 2. The van der Waals surface area contributed by atoms with E-state index in [2.05, 4.69) is 20.2 Å². The molecule has 0 unspecified atom stereocenters. The standard InChI is InChI=1S/C31H31FN4O4S/c32-24-17-21(16-23(37)15-20-1-2-20)3-6-27(24)40-28-7-8-33-26-18-29(41-30(26)28)25-5-4-22(19-35-25)31(38)34-9-10-36-11-13-39-14-12-36/h3-8,17-20H,1-2,9-16H2,(H,34,38). The molecule has 6 rings (SSSR count). The highest BCUT2D eigenvalue weighted by Crippen LogP contribution is 2.39. The van der Waals surface area contributed by atoms with Crippen LogP contribution in [0.5, 0.6) is 11.5 Å². The van der Waals surface area contributed by atoms with Crippen molar-refractivity contribution in [1.82, 2.24) is 20.2 Å². The van der Waals surface area contributed by atoms with E-state index >= 15 is 0 Å². The number of Topliss-reactive ketones (excluding diaryl/α,β-unsaturated/α-hetero) is 1. The molecule has 8 nitrogen and oxygen atoms in total. The lowest BCUT2D eigenvalue weighted by Crippen LogP contribution is -2.41. The SMILES string of the molecule is O=C(Cc1ccc(Oc2ccnc3cc(-c4ccc(C(=O)NCCN5CCOCC5)cn4)sc23)c(F)c1)CC1CC1. The first-order valence-corrected chi connectivity index (χ1v) is 14.7.